The molecule has 1 fully saturated rings. The van der Waals surface area contributed by atoms with Crippen LogP contribution in [0.4, 0.5) is 0 Å². The highest BCUT2D eigenvalue weighted by Gasteiger charge is 2.26. The van der Waals surface area contributed by atoms with E-state index in [1.165, 1.54) is 22.5 Å². The fourth-order valence-corrected chi connectivity index (χ4v) is 3.46. The number of fused-ring (bicyclic) bond motifs is 1. The van der Waals surface area contributed by atoms with Gasteiger partial charge in [0.2, 0.25) is 10.0 Å². The summed E-state index contributed by atoms with van der Waals surface area (Å²) in [5, 5.41) is 0. The summed E-state index contributed by atoms with van der Waals surface area (Å²) in [5.41, 5.74) is 0.713. The minimum Gasteiger partial charge on any atom is -0.408 e. The average Bonchev–Trinajstić information content (AvgIpc) is 2.78. The van der Waals surface area contributed by atoms with E-state index in [1.54, 1.807) is 0 Å². The molecular weight excluding hydrogens is 272 g/mol. The molecule has 0 bridgehead atoms. The molecule has 19 heavy (non-hydrogen) atoms. The van der Waals surface area contributed by atoms with Crippen molar-refractivity contribution in [2.75, 3.05) is 26.3 Å². The summed E-state index contributed by atoms with van der Waals surface area (Å²) >= 11 is 0. The largest absolute Gasteiger partial charge is 0.417 e. The third-order valence-corrected chi connectivity index (χ3v) is 4.89. The third-order valence-electron chi connectivity index (χ3n) is 3.00. The first-order valence-electron chi connectivity index (χ1n) is 5.78. The smallest absolute Gasteiger partial charge is 0.408 e. The lowest BCUT2D eigenvalue weighted by Crippen LogP contribution is -2.40. The zero-order chi connectivity index (χ0) is 13.5. The summed E-state index contributed by atoms with van der Waals surface area (Å²) in [7, 11) is -3.55. The molecule has 7 nitrogen and oxygen atoms in total. The molecule has 0 saturated carbocycles. The van der Waals surface area contributed by atoms with Gasteiger partial charge in [-0.25, -0.2) is 13.2 Å². The van der Waals surface area contributed by atoms with Crippen LogP contribution in [-0.4, -0.2) is 44.0 Å². The molecule has 0 spiro atoms. The maximum atomic E-state index is 12.4. The average molecular weight is 284 g/mol. The number of H-pyrrole nitrogens is 1. The Hall–Kier alpha value is -1.64. The molecule has 1 aromatic heterocycles. The normalized spacial score (nSPS) is 17.9. The van der Waals surface area contributed by atoms with E-state index in [4.69, 9.17) is 9.15 Å². The Bertz CT molecular complexity index is 755. The van der Waals surface area contributed by atoms with Crippen LogP contribution < -0.4 is 5.76 Å². The third kappa shape index (κ3) is 2.18. The minimum atomic E-state index is -3.55. The van der Waals surface area contributed by atoms with Crippen molar-refractivity contribution in [3.8, 4) is 0 Å². The van der Waals surface area contributed by atoms with Gasteiger partial charge in [0, 0.05) is 13.1 Å². The van der Waals surface area contributed by atoms with E-state index in [1.807, 2.05) is 0 Å². The van der Waals surface area contributed by atoms with Crippen molar-refractivity contribution in [1.29, 1.82) is 0 Å². The topological polar surface area (TPSA) is 92.6 Å². The van der Waals surface area contributed by atoms with E-state index < -0.39 is 15.8 Å². The maximum absolute atomic E-state index is 12.4. The Morgan fingerprint density at radius 1 is 1.21 bits per heavy atom. The van der Waals surface area contributed by atoms with Crippen LogP contribution in [0.5, 0.6) is 0 Å². The van der Waals surface area contributed by atoms with Gasteiger partial charge >= 0.3 is 5.76 Å². The number of aromatic nitrogens is 1. The van der Waals surface area contributed by atoms with Crippen LogP contribution in [0.25, 0.3) is 11.1 Å². The Morgan fingerprint density at radius 3 is 2.68 bits per heavy atom. The second-order valence-corrected chi connectivity index (χ2v) is 6.13. The fourth-order valence-electron chi connectivity index (χ4n) is 2.03. The predicted molar refractivity (Wildman–Crippen MR) is 66.4 cm³/mol. The van der Waals surface area contributed by atoms with Gasteiger partial charge in [0.15, 0.2) is 5.58 Å². The molecule has 1 saturated heterocycles. The van der Waals surface area contributed by atoms with Crippen molar-refractivity contribution in [3.63, 3.8) is 0 Å². The first-order valence-corrected chi connectivity index (χ1v) is 7.22. The van der Waals surface area contributed by atoms with Crippen molar-refractivity contribution >= 4 is 21.1 Å². The molecule has 8 heteroatoms. The van der Waals surface area contributed by atoms with E-state index >= 15 is 0 Å². The number of nitrogens with zero attached hydrogens (tertiary/aromatic N) is 1. The maximum Gasteiger partial charge on any atom is 0.417 e. The Balaban J connectivity index is 2.04. The van der Waals surface area contributed by atoms with Crippen molar-refractivity contribution in [3.05, 3.63) is 28.7 Å². The van der Waals surface area contributed by atoms with Gasteiger partial charge in [-0.15, -0.1) is 0 Å². The molecule has 0 aliphatic carbocycles. The van der Waals surface area contributed by atoms with E-state index in [2.05, 4.69) is 4.98 Å². The van der Waals surface area contributed by atoms with Crippen molar-refractivity contribution in [1.82, 2.24) is 9.29 Å². The van der Waals surface area contributed by atoms with Crippen molar-refractivity contribution in [2.45, 2.75) is 4.90 Å². The quantitative estimate of drug-likeness (QED) is 0.847. The highest BCUT2D eigenvalue weighted by atomic mass is 32.2. The second-order valence-electron chi connectivity index (χ2n) is 4.19. The molecule has 102 valence electrons. The van der Waals surface area contributed by atoms with Gasteiger partial charge in [0.25, 0.3) is 0 Å². The number of nitrogens with one attached hydrogen (secondary N) is 1. The molecule has 3 rings (SSSR count). The molecule has 0 radical (unpaired) electrons. The summed E-state index contributed by atoms with van der Waals surface area (Å²) in [6.45, 7) is 1.46. The fraction of sp³-hybridized carbons (Fsp3) is 0.364. The summed E-state index contributed by atoms with van der Waals surface area (Å²) in [5.74, 6) is -0.601. The lowest BCUT2D eigenvalue weighted by atomic mass is 10.3. The van der Waals surface area contributed by atoms with Crippen LogP contribution >= 0.6 is 0 Å². The zero-order valence-electron chi connectivity index (χ0n) is 9.96. The lowest BCUT2D eigenvalue weighted by Gasteiger charge is -2.25. The molecule has 2 heterocycles. The molecule has 1 aliphatic rings. The van der Waals surface area contributed by atoms with Gasteiger partial charge in [0.1, 0.15) is 0 Å². The van der Waals surface area contributed by atoms with Gasteiger partial charge in [-0.05, 0) is 18.2 Å². The van der Waals surface area contributed by atoms with Gasteiger partial charge in [-0.3, -0.25) is 4.98 Å². The number of oxazole rings is 1. The number of hydrogen-bond acceptors (Lipinski definition) is 5. The van der Waals surface area contributed by atoms with Crippen molar-refractivity contribution < 1.29 is 17.6 Å². The lowest BCUT2D eigenvalue weighted by molar-refractivity contribution is 0.0730. The highest BCUT2D eigenvalue weighted by Crippen LogP contribution is 2.20. The molecule has 1 aliphatic heterocycles. The Labute approximate surface area is 108 Å². The summed E-state index contributed by atoms with van der Waals surface area (Å²) in [6, 6.07) is 4.31. The molecular formula is C11H12N2O5S. The number of hydrogen-bond donors (Lipinski definition) is 1. The van der Waals surface area contributed by atoms with E-state index in [0.717, 1.165) is 0 Å². The van der Waals surface area contributed by atoms with Crippen LogP contribution in [-0.2, 0) is 14.8 Å². The molecule has 0 unspecified atom stereocenters. The van der Waals surface area contributed by atoms with Crippen LogP contribution in [0.2, 0.25) is 0 Å². The van der Waals surface area contributed by atoms with Crippen LogP contribution in [0, 0.1) is 0 Å². The van der Waals surface area contributed by atoms with Crippen LogP contribution in [0.15, 0.2) is 32.3 Å². The van der Waals surface area contributed by atoms with E-state index in [0.29, 0.717) is 37.4 Å². The highest BCUT2D eigenvalue weighted by molar-refractivity contribution is 7.89. The van der Waals surface area contributed by atoms with Gasteiger partial charge in [0.05, 0.1) is 23.6 Å². The SMILES string of the molecule is O=c1[nH]c2cc(S(=O)(=O)N3CCOCC3)ccc2o1. The van der Waals surface area contributed by atoms with Crippen molar-refractivity contribution in [2.24, 2.45) is 0 Å². The second kappa shape index (κ2) is 4.48. The Kier molecular flexibility index (Phi) is 2.92. The Morgan fingerprint density at radius 2 is 1.95 bits per heavy atom. The first kappa shape index (κ1) is 12.4. The molecule has 1 aromatic carbocycles. The summed E-state index contributed by atoms with van der Waals surface area (Å²) < 4.78 is 36.1. The summed E-state index contributed by atoms with van der Waals surface area (Å²) in [4.78, 5) is 13.6. The zero-order valence-corrected chi connectivity index (χ0v) is 10.8. The molecule has 0 atom stereocenters. The van der Waals surface area contributed by atoms with E-state index in [-0.39, 0.29) is 4.90 Å². The van der Waals surface area contributed by atoms with Gasteiger partial charge < -0.3 is 9.15 Å². The number of aromatic amines is 1. The first-order chi connectivity index (χ1) is 9.07. The minimum absolute atomic E-state index is 0.138. The number of sulfonamides is 1. The molecule has 1 N–H and O–H groups in total. The number of morpholine rings is 1. The van der Waals surface area contributed by atoms with Crippen LogP contribution in [0.3, 0.4) is 0 Å². The number of rotatable bonds is 2. The standard InChI is InChI=1S/C11H12N2O5S/c14-11-12-9-7-8(1-2-10(9)18-11)19(15,16)13-3-5-17-6-4-13/h1-2,7H,3-6H2,(H,12,14). The van der Waals surface area contributed by atoms with E-state index in [9.17, 15) is 13.2 Å². The molecule has 2 aromatic rings. The van der Waals surface area contributed by atoms with Crippen LogP contribution in [0.1, 0.15) is 0 Å². The van der Waals surface area contributed by atoms with Gasteiger partial charge in [-0.1, -0.05) is 0 Å². The monoisotopic (exact) mass is 284 g/mol. The number of ether oxygens (including phenoxy) is 1. The predicted octanol–water partition coefficient (Wildman–Crippen LogP) is 0.142. The number of benzene rings is 1. The molecule has 0 amide bonds. The summed E-state index contributed by atoms with van der Waals surface area (Å²) in [6.07, 6.45) is 0. The van der Waals surface area contributed by atoms with Gasteiger partial charge in [-0.2, -0.15) is 4.31 Å².